The van der Waals surface area contributed by atoms with E-state index in [2.05, 4.69) is 4.72 Å². The number of anilines is 1. The molecule has 1 fully saturated rings. The average Bonchev–Trinajstić information content (AvgIpc) is 2.73. The maximum Gasteiger partial charge on any atom is 0.242 e. The number of sulfonamides is 2. The van der Waals surface area contributed by atoms with E-state index in [9.17, 15) is 21.6 Å². The predicted octanol–water partition coefficient (Wildman–Crippen LogP) is -0.0986. The normalized spacial score (nSPS) is 17.7. The van der Waals surface area contributed by atoms with E-state index in [0.717, 1.165) is 0 Å². The molecule has 0 aliphatic carbocycles. The second kappa shape index (κ2) is 6.79. The van der Waals surface area contributed by atoms with Crippen molar-refractivity contribution >= 4 is 31.6 Å². The Morgan fingerprint density at radius 3 is 2.50 bits per heavy atom. The number of carbonyl (C=O) groups is 1. The minimum absolute atomic E-state index is 0.0337. The van der Waals surface area contributed by atoms with Crippen LogP contribution in [0.2, 0.25) is 0 Å². The van der Waals surface area contributed by atoms with Gasteiger partial charge in [0.25, 0.3) is 0 Å². The standard InChI is InChI=1S/C14H21N3O5S2/c1-11-4-5-12(17-14(18)6-9-23(17,19)20)10-13(11)24(21,22)15-7-8-16(2)3/h4-5,10,15H,6-9H2,1-3H3. The summed E-state index contributed by atoms with van der Waals surface area (Å²) in [7, 11) is -3.89. The minimum Gasteiger partial charge on any atom is -0.308 e. The molecule has 8 nitrogen and oxygen atoms in total. The van der Waals surface area contributed by atoms with Gasteiger partial charge in [-0.25, -0.2) is 25.9 Å². The van der Waals surface area contributed by atoms with Gasteiger partial charge in [-0.3, -0.25) is 4.79 Å². The number of hydrogen-bond donors (Lipinski definition) is 1. The summed E-state index contributed by atoms with van der Waals surface area (Å²) in [6.07, 6.45) is -0.0978. The van der Waals surface area contributed by atoms with Crippen molar-refractivity contribution in [2.45, 2.75) is 18.2 Å². The van der Waals surface area contributed by atoms with Crippen LogP contribution in [0.3, 0.4) is 0 Å². The molecule has 0 spiro atoms. The number of hydrogen-bond acceptors (Lipinski definition) is 6. The molecule has 1 amide bonds. The fraction of sp³-hybridized carbons (Fsp3) is 0.500. The van der Waals surface area contributed by atoms with Crippen molar-refractivity contribution in [3.63, 3.8) is 0 Å². The Kier molecular flexibility index (Phi) is 5.33. The number of aryl methyl sites for hydroxylation is 1. The van der Waals surface area contributed by atoms with Gasteiger partial charge < -0.3 is 4.90 Å². The number of nitrogens with zero attached hydrogens (tertiary/aromatic N) is 2. The van der Waals surface area contributed by atoms with E-state index in [1.165, 1.54) is 18.2 Å². The summed E-state index contributed by atoms with van der Waals surface area (Å²) in [6.45, 7) is 2.36. The van der Waals surface area contributed by atoms with Crippen LogP contribution in [0.4, 0.5) is 5.69 Å². The summed E-state index contributed by atoms with van der Waals surface area (Å²) in [5.41, 5.74) is 0.524. The highest BCUT2D eigenvalue weighted by Gasteiger charge is 2.36. The van der Waals surface area contributed by atoms with Gasteiger partial charge in [0.1, 0.15) is 0 Å². The molecule has 0 bridgehead atoms. The summed E-state index contributed by atoms with van der Waals surface area (Å²) in [4.78, 5) is 13.7. The topological polar surface area (TPSA) is 104 Å². The third-order valence-corrected chi connectivity index (χ3v) is 6.92. The van der Waals surface area contributed by atoms with Crippen LogP contribution < -0.4 is 9.03 Å². The van der Waals surface area contributed by atoms with Crippen molar-refractivity contribution < 1.29 is 21.6 Å². The first kappa shape index (κ1) is 18.8. The molecule has 0 atom stereocenters. The number of amides is 1. The van der Waals surface area contributed by atoms with Gasteiger partial charge in [-0.1, -0.05) is 6.07 Å². The third-order valence-electron chi connectivity index (χ3n) is 3.63. The molecule has 1 heterocycles. The van der Waals surface area contributed by atoms with Crippen molar-refractivity contribution in [1.29, 1.82) is 0 Å². The van der Waals surface area contributed by atoms with Crippen molar-refractivity contribution in [2.75, 3.05) is 37.2 Å². The predicted molar refractivity (Wildman–Crippen MR) is 90.8 cm³/mol. The molecule has 1 aliphatic heterocycles. The second-order valence-corrected chi connectivity index (χ2v) is 9.55. The largest absolute Gasteiger partial charge is 0.308 e. The molecule has 1 aromatic rings. The molecule has 0 saturated carbocycles. The lowest BCUT2D eigenvalue weighted by atomic mass is 10.2. The highest BCUT2D eigenvalue weighted by atomic mass is 32.2. The summed E-state index contributed by atoms with van der Waals surface area (Å²) >= 11 is 0. The third kappa shape index (κ3) is 3.94. The molecule has 1 N–H and O–H groups in total. The molecule has 1 aromatic carbocycles. The van der Waals surface area contributed by atoms with Crippen LogP contribution in [-0.4, -0.2) is 60.6 Å². The molecule has 2 rings (SSSR count). The highest BCUT2D eigenvalue weighted by Crippen LogP contribution is 2.28. The van der Waals surface area contributed by atoms with Gasteiger partial charge in [0, 0.05) is 19.5 Å². The lowest BCUT2D eigenvalue weighted by Crippen LogP contribution is -2.32. The van der Waals surface area contributed by atoms with E-state index in [1.807, 2.05) is 19.0 Å². The monoisotopic (exact) mass is 375 g/mol. The first-order chi connectivity index (χ1) is 11.0. The Morgan fingerprint density at radius 1 is 1.29 bits per heavy atom. The van der Waals surface area contributed by atoms with E-state index < -0.39 is 26.0 Å². The van der Waals surface area contributed by atoms with Gasteiger partial charge in [-0.05, 0) is 38.7 Å². The number of likely N-dealkylation sites (N-methyl/N-ethyl adjacent to an activating group) is 1. The van der Waals surface area contributed by atoms with E-state index in [4.69, 9.17) is 0 Å². The van der Waals surface area contributed by atoms with Gasteiger partial charge in [-0.2, -0.15) is 0 Å². The zero-order chi connectivity index (χ0) is 18.1. The molecule has 0 aromatic heterocycles. The lowest BCUT2D eigenvalue weighted by molar-refractivity contribution is -0.116. The van der Waals surface area contributed by atoms with Crippen LogP contribution in [0.5, 0.6) is 0 Å². The molecule has 0 radical (unpaired) electrons. The van der Waals surface area contributed by atoms with Crippen LogP contribution in [0.15, 0.2) is 23.1 Å². The number of rotatable bonds is 6. The number of carbonyl (C=O) groups excluding carboxylic acids is 1. The number of benzene rings is 1. The summed E-state index contributed by atoms with van der Waals surface area (Å²) in [5, 5.41) is 0. The van der Waals surface area contributed by atoms with Crippen molar-refractivity contribution in [3.05, 3.63) is 23.8 Å². The molecule has 134 valence electrons. The molecule has 10 heteroatoms. The second-order valence-electron chi connectivity index (χ2n) is 5.88. The molecule has 0 unspecified atom stereocenters. The first-order valence-electron chi connectivity index (χ1n) is 7.35. The Morgan fingerprint density at radius 2 is 1.96 bits per heavy atom. The van der Waals surface area contributed by atoms with Gasteiger partial charge in [-0.15, -0.1) is 0 Å². The Bertz CT molecular complexity index is 847. The fourth-order valence-corrected chi connectivity index (χ4v) is 5.09. The van der Waals surface area contributed by atoms with Gasteiger partial charge in [0.15, 0.2) is 0 Å². The van der Waals surface area contributed by atoms with Crippen LogP contribution in [0, 0.1) is 6.92 Å². The van der Waals surface area contributed by atoms with Crippen molar-refractivity contribution in [2.24, 2.45) is 0 Å². The van der Waals surface area contributed by atoms with Gasteiger partial charge >= 0.3 is 0 Å². The van der Waals surface area contributed by atoms with E-state index in [1.54, 1.807) is 6.92 Å². The molecule has 1 aliphatic rings. The van der Waals surface area contributed by atoms with Gasteiger partial charge in [0.2, 0.25) is 26.0 Å². The molecular formula is C14H21N3O5S2. The van der Waals surface area contributed by atoms with Gasteiger partial charge in [0.05, 0.1) is 16.3 Å². The smallest absolute Gasteiger partial charge is 0.242 e. The van der Waals surface area contributed by atoms with Crippen LogP contribution in [0.1, 0.15) is 12.0 Å². The Hall–Kier alpha value is -1.49. The van der Waals surface area contributed by atoms with Crippen LogP contribution in [-0.2, 0) is 24.8 Å². The lowest BCUT2D eigenvalue weighted by Gasteiger charge is -2.18. The van der Waals surface area contributed by atoms with Crippen LogP contribution in [0.25, 0.3) is 0 Å². The zero-order valence-electron chi connectivity index (χ0n) is 13.8. The van der Waals surface area contributed by atoms with E-state index in [0.29, 0.717) is 16.4 Å². The van der Waals surface area contributed by atoms with E-state index >= 15 is 0 Å². The maximum absolute atomic E-state index is 12.5. The maximum atomic E-state index is 12.5. The van der Waals surface area contributed by atoms with Crippen molar-refractivity contribution in [1.82, 2.24) is 9.62 Å². The Labute approximate surface area is 142 Å². The Balaban J connectivity index is 2.37. The summed E-state index contributed by atoms with van der Waals surface area (Å²) in [5.74, 6) is -0.814. The molecule has 24 heavy (non-hydrogen) atoms. The molecular weight excluding hydrogens is 354 g/mol. The fourth-order valence-electron chi connectivity index (χ4n) is 2.35. The highest BCUT2D eigenvalue weighted by molar-refractivity contribution is 7.94. The molecule has 1 saturated heterocycles. The summed E-state index contributed by atoms with van der Waals surface area (Å²) < 4.78 is 52.1. The SMILES string of the molecule is Cc1ccc(N2C(=O)CCS2(=O)=O)cc1S(=O)(=O)NCCN(C)C. The zero-order valence-corrected chi connectivity index (χ0v) is 15.4. The first-order valence-corrected chi connectivity index (χ1v) is 10.4. The minimum atomic E-state index is -3.80. The van der Waals surface area contributed by atoms with E-state index in [-0.39, 0.29) is 29.3 Å². The quantitative estimate of drug-likeness (QED) is 0.745. The van der Waals surface area contributed by atoms with Crippen LogP contribution >= 0.6 is 0 Å². The van der Waals surface area contributed by atoms with Crippen molar-refractivity contribution in [3.8, 4) is 0 Å². The number of nitrogens with one attached hydrogen (secondary N) is 1. The summed E-state index contributed by atoms with van der Waals surface area (Å²) in [6, 6.07) is 4.17. The average molecular weight is 375 g/mol.